The number of nitro benzene ring substituents is 1. The fourth-order valence-corrected chi connectivity index (χ4v) is 4.45. The van der Waals surface area contributed by atoms with Gasteiger partial charge in [-0.3, -0.25) is 14.9 Å². The van der Waals surface area contributed by atoms with Crippen molar-refractivity contribution in [2.24, 2.45) is 11.8 Å². The summed E-state index contributed by atoms with van der Waals surface area (Å²) in [5.41, 5.74) is 0.455. The molecule has 1 aliphatic rings. The Hall–Kier alpha value is -1.60. The van der Waals surface area contributed by atoms with Crippen molar-refractivity contribution >= 4 is 23.4 Å². The number of thioether (sulfide) groups is 1. The average Bonchev–Trinajstić information content (AvgIpc) is 2.66. The molecule has 150 valence electrons. The van der Waals surface area contributed by atoms with Crippen LogP contribution in [0.4, 0.5) is 5.69 Å². The minimum absolute atomic E-state index is 0.0386. The Morgan fingerprint density at radius 2 is 2.07 bits per heavy atom. The van der Waals surface area contributed by atoms with Gasteiger partial charge in [-0.25, -0.2) is 0 Å². The van der Waals surface area contributed by atoms with E-state index in [4.69, 9.17) is 0 Å². The van der Waals surface area contributed by atoms with Crippen LogP contribution in [-0.4, -0.2) is 47.7 Å². The SMILES string of the molecule is CCNCC1CCN(C(=O)c2ccc(SCCC(C)C)c([N+](=O)[O-])c2)CC1. The number of piperidine rings is 1. The Labute approximate surface area is 166 Å². The normalized spacial score (nSPS) is 15.3. The second-order valence-electron chi connectivity index (χ2n) is 7.51. The van der Waals surface area contributed by atoms with E-state index in [1.807, 2.05) is 4.90 Å². The van der Waals surface area contributed by atoms with Gasteiger partial charge < -0.3 is 10.2 Å². The topological polar surface area (TPSA) is 75.5 Å². The molecule has 7 heteroatoms. The molecule has 1 aromatic rings. The van der Waals surface area contributed by atoms with E-state index in [1.54, 1.807) is 12.1 Å². The Morgan fingerprint density at radius 3 is 2.67 bits per heavy atom. The van der Waals surface area contributed by atoms with Crippen molar-refractivity contribution in [3.8, 4) is 0 Å². The number of benzene rings is 1. The summed E-state index contributed by atoms with van der Waals surface area (Å²) in [5, 5.41) is 14.8. The molecule has 0 aromatic heterocycles. The summed E-state index contributed by atoms with van der Waals surface area (Å²) in [6.07, 6.45) is 2.96. The number of rotatable bonds is 9. The molecule has 1 fully saturated rings. The first kappa shape index (κ1) is 21.7. The van der Waals surface area contributed by atoms with Gasteiger partial charge in [-0.2, -0.15) is 0 Å². The highest BCUT2D eigenvalue weighted by Crippen LogP contribution is 2.32. The number of nitrogens with one attached hydrogen (secondary N) is 1. The van der Waals surface area contributed by atoms with Crippen molar-refractivity contribution in [3.63, 3.8) is 0 Å². The second kappa shape index (κ2) is 10.7. The lowest BCUT2D eigenvalue weighted by atomic mass is 9.96. The molecule has 1 aromatic carbocycles. The minimum atomic E-state index is -0.378. The molecule has 0 atom stereocenters. The maximum Gasteiger partial charge on any atom is 0.283 e. The molecule has 1 N–H and O–H groups in total. The third kappa shape index (κ3) is 6.50. The monoisotopic (exact) mass is 393 g/mol. The van der Waals surface area contributed by atoms with E-state index >= 15 is 0 Å². The molecule has 0 saturated carbocycles. The van der Waals surface area contributed by atoms with Gasteiger partial charge in [-0.1, -0.05) is 20.8 Å². The lowest BCUT2D eigenvalue weighted by Gasteiger charge is -2.32. The molecule has 1 aliphatic heterocycles. The van der Waals surface area contributed by atoms with Crippen LogP contribution in [0.15, 0.2) is 23.1 Å². The first-order valence-electron chi connectivity index (χ1n) is 9.83. The molecule has 0 radical (unpaired) electrons. The van der Waals surface area contributed by atoms with E-state index in [0.717, 1.165) is 38.1 Å². The molecule has 0 bridgehead atoms. The van der Waals surface area contributed by atoms with Crippen molar-refractivity contribution in [1.29, 1.82) is 0 Å². The zero-order chi connectivity index (χ0) is 19.8. The molecular formula is C20H31N3O3S. The highest BCUT2D eigenvalue weighted by molar-refractivity contribution is 7.99. The van der Waals surface area contributed by atoms with Crippen molar-refractivity contribution in [2.75, 3.05) is 31.9 Å². The first-order chi connectivity index (χ1) is 12.9. The van der Waals surface area contributed by atoms with Gasteiger partial charge in [0.2, 0.25) is 0 Å². The third-order valence-electron chi connectivity index (χ3n) is 4.94. The van der Waals surface area contributed by atoms with Gasteiger partial charge in [0.25, 0.3) is 11.6 Å². The van der Waals surface area contributed by atoms with E-state index in [2.05, 4.69) is 26.1 Å². The zero-order valence-corrected chi connectivity index (χ0v) is 17.4. The van der Waals surface area contributed by atoms with Crippen LogP contribution in [-0.2, 0) is 0 Å². The molecule has 1 heterocycles. The molecule has 0 unspecified atom stereocenters. The number of amides is 1. The molecular weight excluding hydrogens is 362 g/mol. The van der Waals surface area contributed by atoms with Crippen molar-refractivity contribution < 1.29 is 9.72 Å². The van der Waals surface area contributed by atoms with Crippen LogP contribution in [0.25, 0.3) is 0 Å². The smallest absolute Gasteiger partial charge is 0.283 e. The Balaban J connectivity index is 2.02. The standard InChI is InChI=1S/C20H31N3O3S/c1-4-21-14-16-7-10-22(11-8-16)20(24)17-5-6-19(18(13-17)23(25)26)27-12-9-15(2)3/h5-6,13,15-16,21H,4,7-12,14H2,1-3H3. The Kier molecular flexibility index (Phi) is 8.57. The number of nitrogens with zero attached hydrogens (tertiary/aromatic N) is 2. The Bertz CT molecular complexity index is 643. The number of nitro groups is 1. The van der Waals surface area contributed by atoms with E-state index < -0.39 is 0 Å². The van der Waals surface area contributed by atoms with Crippen LogP contribution >= 0.6 is 11.8 Å². The number of likely N-dealkylation sites (tertiary alicyclic amines) is 1. The number of carbonyl (C=O) groups is 1. The minimum Gasteiger partial charge on any atom is -0.339 e. The van der Waals surface area contributed by atoms with Gasteiger partial charge in [0.15, 0.2) is 0 Å². The van der Waals surface area contributed by atoms with E-state index in [1.165, 1.54) is 17.8 Å². The molecule has 1 amide bonds. The van der Waals surface area contributed by atoms with Crippen LogP contribution in [0.5, 0.6) is 0 Å². The molecule has 0 spiro atoms. The summed E-state index contributed by atoms with van der Waals surface area (Å²) in [7, 11) is 0. The summed E-state index contributed by atoms with van der Waals surface area (Å²) >= 11 is 1.49. The third-order valence-corrected chi connectivity index (χ3v) is 6.04. The summed E-state index contributed by atoms with van der Waals surface area (Å²) in [6, 6.07) is 4.91. The van der Waals surface area contributed by atoms with Gasteiger partial charge >= 0.3 is 0 Å². The second-order valence-corrected chi connectivity index (χ2v) is 8.65. The predicted octanol–water partition coefficient (Wildman–Crippen LogP) is 4.19. The van der Waals surface area contributed by atoms with Crippen LogP contribution < -0.4 is 5.32 Å². The van der Waals surface area contributed by atoms with Gasteiger partial charge in [-0.05, 0) is 62.1 Å². The first-order valence-corrected chi connectivity index (χ1v) is 10.8. The molecule has 6 nitrogen and oxygen atoms in total. The molecule has 2 rings (SSSR count). The maximum absolute atomic E-state index is 12.8. The molecule has 27 heavy (non-hydrogen) atoms. The molecule has 0 aliphatic carbocycles. The van der Waals surface area contributed by atoms with Crippen LogP contribution in [0.3, 0.4) is 0 Å². The summed E-state index contributed by atoms with van der Waals surface area (Å²) in [5.74, 6) is 1.90. The van der Waals surface area contributed by atoms with Gasteiger partial charge in [0.1, 0.15) is 0 Å². The predicted molar refractivity (Wildman–Crippen MR) is 110 cm³/mol. The summed E-state index contributed by atoms with van der Waals surface area (Å²) in [6.45, 7) is 9.75. The number of carbonyl (C=O) groups excluding carboxylic acids is 1. The number of hydrogen-bond donors (Lipinski definition) is 1. The van der Waals surface area contributed by atoms with Gasteiger partial charge in [-0.15, -0.1) is 11.8 Å². The van der Waals surface area contributed by atoms with E-state index in [0.29, 0.717) is 35.4 Å². The van der Waals surface area contributed by atoms with Crippen molar-refractivity contribution in [1.82, 2.24) is 10.2 Å². The average molecular weight is 394 g/mol. The van der Waals surface area contributed by atoms with Gasteiger partial charge in [0, 0.05) is 24.7 Å². The lowest BCUT2D eigenvalue weighted by Crippen LogP contribution is -2.40. The highest BCUT2D eigenvalue weighted by atomic mass is 32.2. The number of hydrogen-bond acceptors (Lipinski definition) is 5. The summed E-state index contributed by atoms with van der Waals surface area (Å²) in [4.78, 5) is 26.4. The fraction of sp³-hybridized carbons (Fsp3) is 0.650. The van der Waals surface area contributed by atoms with Crippen LogP contribution in [0, 0.1) is 22.0 Å². The van der Waals surface area contributed by atoms with Crippen LogP contribution in [0.2, 0.25) is 0 Å². The quantitative estimate of drug-likeness (QED) is 0.387. The van der Waals surface area contributed by atoms with Crippen molar-refractivity contribution in [2.45, 2.75) is 44.9 Å². The van der Waals surface area contributed by atoms with Gasteiger partial charge in [0.05, 0.1) is 9.82 Å². The van der Waals surface area contributed by atoms with E-state index in [9.17, 15) is 14.9 Å². The maximum atomic E-state index is 12.8. The van der Waals surface area contributed by atoms with E-state index in [-0.39, 0.29) is 16.5 Å². The molecule has 1 saturated heterocycles. The van der Waals surface area contributed by atoms with Crippen LogP contribution in [0.1, 0.15) is 50.4 Å². The van der Waals surface area contributed by atoms with Crippen molar-refractivity contribution in [3.05, 3.63) is 33.9 Å². The summed E-state index contributed by atoms with van der Waals surface area (Å²) < 4.78 is 0. The Morgan fingerprint density at radius 1 is 1.37 bits per heavy atom. The largest absolute Gasteiger partial charge is 0.339 e. The fourth-order valence-electron chi connectivity index (χ4n) is 3.19. The highest BCUT2D eigenvalue weighted by Gasteiger charge is 2.25. The lowest BCUT2D eigenvalue weighted by molar-refractivity contribution is -0.387. The zero-order valence-electron chi connectivity index (χ0n) is 16.6.